The number of benzene rings is 2. The van der Waals surface area contributed by atoms with Crippen molar-refractivity contribution in [3.63, 3.8) is 0 Å². The van der Waals surface area contributed by atoms with Crippen LogP contribution in [0.4, 0.5) is 0 Å². The fraction of sp³-hybridized carbons (Fsp3) is 0.211. The average molecular weight is 293 g/mol. The van der Waals surface area contributed by atoms with E-state index in [-0.39, 0.29) is 0 Å². The molecule has 1 heterocycles. The summed E-state index contributed by atoms with van der Waals surface area (Å²) >= 11 is 1.83. The van der Waals surface area contributed by atoms with Gasteiger partial charge in [-0.2, -0.15) is 0 Å². The molecule has 1 nitrogen and oxygen atoms in total. The van der Waals surface area contributed by atoms with Gasteiger partial charge < -0.3 is 0 Å². The molecule has 0 amide bonds. The second kappa shape index (κ2) is 6.23. The lowest BCUT2D eigenvalue weighted by atomic mass is 10.0. The van der Waals surface area contributed by atoms with Gasteiger partial charge >= 0.3 is 0 Å². The Balaban J connectivity index is 2.12. The highest BCUT2D eigenvalue weighted by Gasteiger charge is 2.17. The second-order valence-electron chi connectivity index (χ2n) is 5.27. The Labute approximate surface area is 130 Å². The van der Waals surface area contributed by atoms with Crippen molar-refractivity contribution in [1.29, 1.82) is 0 Å². The standard InChI is InChI=1S/C19H19NS/c1-3-14(2)18-17(15-10-6-4-7-11-15)20-19(21-18)16-12-8-5-9-13-16/h4-14H,3H2,1-2H3. The minimum atomic E-state index is 0.537. The Morgan fingerprint density at radius 1 is 0.905 bits per heavy atom. The van der Waals surface area contributed by atoms with Gasteiger partial charge in [0.05, 0.1) is 5.69 Å². The SMILES string of the molecule is CCC(C)c1sc(-c2ccccc2)nc1-c1ccccc1. The lowest BCUT2D eigenvalue weighted by Gasteiger charge is -2.08. The molecular weight excluding hydrogens is 274 g/mol. The lowest BCUT2D eigenvalue weighted by Crippen LogP contribution is -1.91. The van der Waals surface area contributed by atoms with Gasteiger partial charge in [0.15, 0.2) is 0 Å². The van der Waals surface area contributed by atoms with Crippen LogP contribution in [0.2, 0.25) is 0 Å². The molecule has 106 valence electrons. The van der Waals surface area contributed by atoms with E-state index in [4.69, 9.17) is 4.98 Å². The highest BCUT2D eigenvalue weighted by atomic mass is 32.1. The Bertz CT molecular complexity index is 701. The summed E-state index contributed by atoms with van der Waals surface area (Å²) in [6, 6.07) is 21.0. The van der Waals surface area contributed by atoms with Gasteiger partial charge in [-0.3, -0.25) is 0 Å². The van der Waals surface area contributed by atoms with E-state index in [1.165, 1.54) is 16.0 Å². The van der Waals surface area contributed by atoms with Crippen LogP contribution in [0.25, 0.3) is 21.8 Å². The lowest BCUT2D eigenvalue weighted by molar-refractivity contribution is 0.748. The van der Waals surface area contributed by atoms with Gasteiger partial charge in [0, 0.05) is 16.0 Å². The molecule has 3 aromatic rings. The molecule has 0 aliphatic heterocycles. The molecule has 0 fully saturated rings. The van der Waals surface area contributed by atoms with E-state index < -0.39 is 0 Å². The maximum atomic E-state index is 4.94. The zero-order valence-electron chi connectivity index (χ0n) is 12.4. The normalized spacial score (nSPS) is 12.3. The summed E-state index contributed by atoms with van der Waals surface area (Å²) in [6.45, 7) is 4.52. The average Bonchev–Trinajstić information content (AvgIpc) is 3.01. The number of hydrogen-bond donors (Lipinski definition) is 0. The Morgan fingerprint density at radius 2 is 1.48 bits per heavy atom. The highest BCUT2D eigenvalue weighted by Crippen LogP contribution is 2.38. The highest BCUT2D eigenvalue weighted by molar-refractivity contribution is 7.15. The molecule has 0 spiro atoms. The van der Waals surface area contributed by atoms with Crippen LogP contribution in [-0.4, -0.2) is 4.98 Å². The first kappa shape index (κ1) is 14.0. The van der Waals surface area contributed by atoms with Crippen molar-refractivity contribution in [3.8, 4) is 21.8 Å². The smallest absolute Gasteiger partial charge is 0.124 e. The minimum absolute atomic E-state index is 0.537. The molecule has 0 N–H and O–H groups in total. The molecule has 0 bridgehead atoms. The monoisotopic (exact) mass is 293 g/mol. The predicted molar refractivity (Wildman–Crippen MR) is 91.7 cm³/mol. The van der Waals surface area contributed by atoms with Gasteiger partial charge in [0.2, 0.25) is 0 Å². The van der Waals surface area contributed by atoms with Crippen molar-refractivity contribution < 1.29 is 0 Å². The molecule has 1 unspecified atom stereocenters. The van der Waals surface area contributed by atoms with E-state index in [9.17, 15) is 0 Å². The fourth-order valence-electron chi connectivity index (χ4n) is 2.36. The predicted octanol–water partition coefficient (Wildman–Crippen LogP) is 5.99. The summed E-state index contributed by atoms with van der Waals surface area (Å²) in [5.74, 6) is 0.537. The van der Waals surface area contributed by atoms with E-state index in [1.54, 1.807) is 0 Å². The van der Waals surface area contributed by atoms with Crippen LogP contribution in [0.5, 0.6) is 0 Å². The summed E-state index contributed by atoms with van der Waals surface area (Å²) < 4.78 is 0. The van der Waals surface area contributed by atoms with Crippen molar-refractivity contribution in [1.82, 2.24) is 4.98 Å². The van der Waals surface area contributed by atoms with Crippen molar-refractivity contribution in [3.05, 3.63) is 65.5 Å². The van der Waals surface area contributed by atoms with Gasteiger partial charge in [0.25, 0.3) is 0 Å². The third kappa shape index (κ3) is 2.91. The Hall–Kier alpha value is -1.93. The Morgan fingerprint density at radius 3 is 2.05 bits per heavy atom. The second-order valence-corrected chi connectivity index (χ2v) is 6.30. The van der Waals surface area contributed by atoms with Crippen LogP contribution < -0.4 is 0 Å². The quantitative estimate of drug-likeness (QED) is 0.575. The van der Waals surface area contributed by atoms with Crippen molar-refractivity contribution in [2.75, 3.05) is 0 Å². The summed E-state index contributed by atoms with van der Waals surface area (Å²) in [6.07, 6.45) is 1.14. The number of rotatable bonds is 4. The van der Waals surface area contributed by atoms with Crippen LogP contribution in [0.3, 0.4) is 0 Å². The van der Waals surface area contributed by atoms with E-state index >= 15 is 0 Å². The van der Waals surface area contributed by atoms with E-state index in [0.29, 0.717) is 5.92 Å². The van der Waals surface area contributed by atoms with Gasteiger partial charge in [-0.25, -0.2) is 4.98 Å². The zero-order chi connectivity index (χ0) is 14.7. The van der Waals surface area contributed by atoms with Crippen LogP contribution >= 0.6 is 11.3 Å². The first-order valence-corrected chi connectivity index (χ1v) is 8.22. The molecule has 0 aliphatic carbocycles. The molecule has 0 saturated carbocycles. The van der Waals surface area contributed by atoms with Crippen LogP contribution in [0.15, 0.2) is 60.7 Å². The summed E-state index contributed by atoms with van der Waals surface area (Å²) in [5.41, 5.74) is 3.56. The molecule has 1 aromatic heterocycles. The third-order valence-corrected chi connectivity index (χ3v) is 5.12. The molecule has 0 aliphatic rings. The number of thiazole rings is 1. The third-order valence-electron chi connectivity index (χ3n) is 3.78. The first-order valence-electron chi connectivity index (χ1n) is 7.41. The van der Waals surface area contributed by atoms with Crippen molar-refractivity contribution >= 4 is 11.3 Å². The number of nitrogens with zero attached hydrogens (tertiary/aromatic N) is 1. The largest absolute Gasteiger partial charge is 0.236 e. The number of hydrogen-bond acceptors (Lipinski definition) is 2. The van der Waals surface area contributed by atoms with Crippen molar-refractivity contribution in [2.24, 2.45) is 0 Å². The van der Waals surface area contributed by atoms with E-state index in [1.807, 2.05) is 17.4 Å². The summed E-state index contributed by atoms with van der Waals surface area (Å²) in [4.78, 5) is 6.33. The maximum absolute atomic E-state index is 4.94. The Kier molecular flexibility index (Phi) is 4.16. The van der Waals surface area contributed by atoms with E-state index in [2.05, 4.69) is 68.4 Å². The first-order chi connectivity index (χ1) is 10.3. The molecule has 0 saturated heterocycles. The molecule has 1 atom stereocenters. The molecule has 21 heavy (non-hydrogen) atoms. The topological polar surface area (TPSA) is 12.9 Å². The van der Waals surface area contributed by atoms with Crippen LogP contribution in [0, 0.1) is 0 Å². The molecule has 0 radical (unpaired) electrons. The molecule has 3 rings (SSSR count). The maximum Gasteiger partial charge on any atom is 0.124 e. The summed E-state index contributed by atoms with van der Waals surface area (Å²) in [7, 11) is 0. The van der Waals surface area contributed by atoms with Crippen LogP contribution in [0.1, 0.15) is 31.1 Å². The van der Waals surface area contributed by atoms with Crippen molar-refractivity contribution in [2.45, 2.75) is 26.2 Å². The van der Waals surface area contributed by atoms with Gasteiger partial charge in [-0.1, -0.05) is 74.5 Å². The van der Waals surface area contributed by atoms with E-state index in [0.717, 1.165) is 17.1 Å². The summed E-state index contributed by atoms with van der Waals surface area (Å²) in [5, 5.41) is 1.12. The van der Waals surface area contributed by atoms with Crippen LogP contribution in [-0.2, 0) is 0 Å². The number of aromatic nitrogens is 1. The fourth-order valence-corrected chi connectivity index (χ4v) is 3.59. The minimum Gasteiger partial charge on any atom is -0.236 e. The zero-order valence-corrected chi connectivity index (χ0v) is 13.2. The molecule has 2 aromatic carbocycles. The van der Waals surface area contributed by atoms with Gasteiger partial charge in [-0.15, -0.1) is 11.3 Å². The molecular formula is C19H19NS. The molecule has 2 heteroatoms. The van der Waals surface area contributed by atoms with Gasteiger partial charge in [-0.05, 0) is 12.3 Å². The van der Waals surface area contributed by atoms with Gasteiger partial charge in [0.1, 0.15) is 5.01 Å².